The topological polar surface area (TPSA) is 90.9 Å². The molecule has 7 nitrogen and oxygen atoms in total. The Balaban J connectivity index is 1.71. The van der Waals surface area contributed by atoms with Gasteiger partial charge in [-0.25, -0.2) is 9.07 Å². The summed E-state index contributed by atoms with van der Waals surface area (Å²) >= 11 is 0. The Kier molecular flexibility index (Phi) is 5.60. The second-order valence-corrected chi connectivity index (χ2v) is 7.23. The fourth-order valence-electron chi connectivity index (χ4n) is 3.73. The van der Waals surface area contributed by atoms with Crippen LogP contribution in [-0.2, 0) is 6.54 Å². The molecular weight excluding hydrogens is 371 g/mol. The average molecular weight is 392 g/mol. The number of nitrogens with zero attached hydrogens (tertiary/aromatic N) is 6. The maximum Gasteiger partial charge on any atom is 0.173 e. The lowest BCUT2D eigenvalue weighted by molar-refractivity contribution is 0.0662. The monoisotopic (exact) mass is 392 g/mol. The van der Waals surface area contributed by atoms with E-state index < -0.39 is 0 Å². The smallest absolute Gasteiger partial charge is 0.173 e. The minimum atomic E-state index is -0.299. The first-order valence-corrected chi connectivity index (χ1v) is 9.57. The third kappa shape index (κ3) is 4.31. The summed E-state index contributed by atoms with van der Waals surface area (Å²) in [5.41, 5.74) is 2.39. The maximum absolute atomic E-state index is 13.2. The predicted octanol–water partition coefficient (Wildman–Crippen LogP) is 2.28. The minimum absolute atomic E-state index is 0.244. The van der Waals surface area contributed by atoms with E-state index in [1.54, 1.807) is 22.9 Å². The number of hydrogen-bond donors (Lipinski definition) is 1. The minimum Gasteiger partial charge on any atom is -0.393 e. The summed E-state index contributed by atoms with van der Waals surface area (Å²) in [6.45, 7) is 1.81. The quantitative estimate of drug-likeness (QED) is 0.716. The standard InChI is InChI=1S/C21H21FN6O/c22-18-6-4-15(5-7-18)14-28-21(24-25-26-28)20(27-10-8-19(29)9-11-27)17-3-1-2-16(12-17)13-23/h1-7,12,19-20,29H,8-11,14H2/t20-/m0/s1. The molecule has 1 aromatic heterocycles. The molecule has 8 heteroatoms. The van der Waals surface area contributed by atoms with Gasteiger partial charge in [0.05, 0.1) is 30.3 Å². The van der Waals surface area contributed by atoms with Crippen LogP contribution in [0.2, 0.25) is 0 Å². The zero-order chi connectivity index (χ0) is 20.2. The fraction of sp³-hybridized carbons (Fsp3) is 0.333. The molecule has 2 aromatic carbocycles. The summed E-state index contributed by atoms with van der Waals surface area (Å²) in [6.07, 6.45) is 1.05. The largest absolute Gasteiger partial charge is 0.393 e. The molecule has 0 spiro atoms. The molecule has 1 fully saturated rings. The molecule has 1 atom stereocenters. The van der Waals surface area contributed by atoms with Gasteiger partial charge in [0.15, 0.2) is 5.82 Å². The Bertz CT molecular complexity index is 1000. The predicted molar refractivity (Wildman–Crippen MR) is 103 cm³/mol. The summed E-state index contributed by atoms with van der Waals surface area (Å²) in [7, 11) is 0. The van der Waals surface area contributed by atoms with Crippen molar-refractivity contribution in [2.24, 2.45) is 0 Å². The van der Waals surface area contributed by atoms with Gasteiger partial charge in [-0.05, 0) is 58.7 Å². The Hall–Kier alpha value is -3.15. The first-order chi connectivity index (χ1) is 14.1. The van der Waals surface area contributed by atoms with E-state index in [0.29, 0.717) is 43.9 Å². The second kappa shape index (κ2) is 8.47. The van der Waals surface area contributed by atoms with Crippen molar-refractivity contribution in [1.82, 2.24) is 25.1 Å². The molecule has 1 aliphatic rings. The number of rotatable bonds is 5. The van der Waals surface area contributed by atoms with Crippen LogP contribution in [0.25, 0.3) is 0 Å². The highest BCUT2D eigenvalue weighted by atomic mass is 19.1. The normalized spacial score (nSPS) is 16.4. The van der Waals surface area contributed by atoms with Crippen LogP contribution in [0.5, 0.6) is 0 Å². The van der Waals surface area contributed by atoms with E-state index in [1.165, 1.54) is 12.1 Å². The number of piperidine rings is 1. The Morgan fingerprint density at radius 3 is 2.66 bits per heavy atom. The zero-order valence-electron chi connectivity index (χ0n) is 15.8. The van der Waals surface area contributed by atoms with Crippen LogP contribution in [0.15, 0.2) is 48.5 Å². The lowest BCUT2D eigenvalue weighted by Gasteiger charge is -2.35. The number of aliphatic hydroxyl groups is 1. The second-order valence-electron chi connectivity index (χ2n) is 7.23. The molecule has 0 amide bonds. The fourth-order valence-corrected chi connectivity index (χ4v) is 3.73. The summed E-state index contributed by atoms with van der Waals surface area (Å²) in [6, 6.07) is 15.6. The highest BCUT2D eigenvalue weighted by Crippen LogP contribution is 2.30. The molecule has 1 saturated heterocycles. The summed E-state index contributed by atoms with van der Waals surface area (Å²) in [4.78, 5) is 2.23. The van der Waals surface area contributed by atoms with Crippen molar-refractivity contribution >= 4 is 0 Å². The van der Waals surface area contributed by atoms with Crippen LogP contribution in [0, 0.1) is 17.1 Å². The summed E-state index contributed by atoms with van der Waals surface area (Å²) in [5.74, 6) is 0.365. The SMILES string of the molecule is N#Cc1cccc([C@@H](c2nnnn2Cc2ccc(F)cc2)N2CCC(O)CC2)c1. The van der Waals surface area contributed by atoms with Crippen LogP contribution in [0.4, 0.5) is 4.39 Å². The number of tetrazole rings is 1. The van der Waals surface area contributed by atoms with E-state index in [4.69, 9.17) is 0 Å². The molecule has 1 N–H and O–H groups in total. The van der Waals surface area contributed by atoms with Crippen molar-refractivity contribution in [3.63, 3.8) is 0 Å². The summed E-state index contributed by atoms with van der Waals surface area (Å²) < 4.78 is 14.9. The van der Waals surface area contributed by atoms with Crippen LogP contribution in [0.3, 0.4) is 0 Å². The molecule has 0 radical (unpaired) electrons. The molecule has 1 aliphatic heterocycles. The zero-order valence-corrected chi connectivity index (χ0v) is 15.8. The van der Waals surface area contributed by atoms with Crippen LogP contribution < -0.4 is 0 Å². The van der Waals surface area contributed by atoms with Crippen molar-refractivity contribution in [3.8, 4) is 6.07 Å². The van der Waals surface area contributed by atoms with Gasteiger partial charge in [0.25, 0.3) is 0 Å². The lowest BCUT2D eigenvalue weighted by Crippen LogP contribution is -2.40. The molecule has 0 unspecified atom stereocenters. The number of halogens is 1. The Morgan fingerprint density at radius 1 is 1.17 bits per heavy atom. The van der Waals surface area contributed by atoms with Crippen molar-refractivity contribution in [3.05, 3.63) is 76.9 Å². The molecule has 148 valence electrons. The van der Waals surface area contributed by atoms with Crippen LogP contribution in [0.1, 0.15) is 41.4 Å². The van der Waals surface area contributed by atoms with E-state index in [-0.39, 0.29) is 18.0 Å². The van der Waals surface area contributed by atoms with E-state index in [9.17, 15) is 14.8 Å². The third-order valence-corrected chi connectivity index (χ3v) is 5.25. The molecule has 4 rings (SSSR count). The third-order valence-electron chi connectivity index (χ3n) is 5.25. The van der Waals surface area contributed by atoms with Gasteiger partial charge in [-0.3, -0.25) is 4.90 Å². The highest BCUT2D eigenvalue weighted by Gasteiger charge is 2.31. The number of nitriles is 1. The van der Waals surface area contributed by atoms with Gasteiger partial charge in [-0.2, -0.15) is 5.26 Å². The number of aromatic nitrogens is 4. The van der Waals surface area contributed by atoms with E-state index in [2.05, 4.69) is 26.5 Å². The molecule has 3 aromatic rings. The molecule has 0 aliphatic carbocycles. The Morgan fingerprint density at radius 2 is 1.93 bits per heavy atom. The van der Waals surface area contributed by atoms with Gasteiger partial charge in [0, 0.05) is 13.1 Å². The van der Waals surface area contributed by atoms with E-state index >= 15 is 0 Å². The van der Waals surface area contributed by atoms with E-state index in [0.717, 1.165) is 11.1 Å². The van der Waals surface area contributed by atoms with Gasteiger partial charge in [0.1, 0.15) is 5.82 Å². The lowest BCUT2D eigenvalue weighted by atomic mass is 9.98. The van der Waals surface area contributed by atoms with Crippen molar-refractivity contribution in [2.75, 3.05) is 13.1 Å². The maximum atomic E-state index is 13.2. The van der Waals surface area contributed by atoms with Gasteiger partial charge in [-0.1, -0.05) is 24.3 Å². The first-order valence-electron chi connectivity index (χ1n) is 9.57. The van der Waals surface area contributed by atoms with Gasteiger partial charge in [0.2, 0.25) is 0 Å². The highest BCUT2D eigenvalue weighted by molar-refractivity contribution is 5.36. The van der Waals surface area contributed by atoms with Gasteiger partial charge >= 0.3 is 0 Å². The molecular formula is C21H21FN6O. The number of aliphatic hydroxyl groups excluding tert-OH is 1. The molecule has 29 heavy (non-hydrogen) atoms. The van der Waals surface area contributed by atoms with Crippen LogP contribution in [-0.4, -0.2) is 49.4 Å². The number of likely N-dealkylation sites (tertiary alicyclic amines) is 1. The molecule has 0 bridgehead atoms. The number of hydrogen-bond acceptors (Lipinski definition) is 6. The van der Waals surface area contributed by atoms with Crippen molar-refractivity contribution in [2.45, 2.75) is 31.5 Å². The van der Waals surface area contributed by atoms with Crippen molar-refractivity contribution in [1.29, 1.82) is 5.26 Å². The average Bonchev–Trinajstić information content (AvgIpc) is 3.19. The van der Waals surface area contributed by atoms with Crippen LogP contribution >= 0.6 is 0 Å². The van der Waals surface area contributed by atoms with Gasteiger partial charge in [-0.15, -0.1) is 5.10 Å². The van der Waals surface area contributed by atoms with E-state index in [1.807, 2.05) is 18.2 Å². The molecule has 2 heterocycles. The van der Waals surface area contributed by atoms with Gasteiger partial charge < -0.3 is 5.11 Å². The first kappa shape index (κ1) is 19.2. The summed E-state index contributed by atoms with van der Waals surface area (Å²) in [5, 5.41) is 31.6. The van der Waals surface area contributed by atoms with Crippen molar-refractivity contribution < 1.29 is 9.50 Å². The Labute approximate surface area is 168 Å². The molecule has 0 saturated carbocycles. The number of benzene rings is 2.